The molecule has 2 aromatic rings. The summed E-state index contributed by atoms with van der Waals surface area (Å²) in [5, 5.41) is 3.03. The summed E-state index contributed by atoms with van der Waals surface area (Å²) in [5.41, 5.74) is 4.70. The fraction of sp³-hybridized carbons (Fsp3) is 0.636. The van der Waals surface area contributed by atoms with Gasteiger partial charge in [0.2, 0.25) is 0 Å². The third-order valence-corrected chi connectivity index (χ3v) is 9.81. The maximum Gasteiger partial charge on any atom is 0.253 e. The maximum atomic E-state index is 13.7. The van der Waals surface area contributed by atoms with Gasteiger partial charge in [0.15, 0.2) is 0 Å². The van der Waals surface area contributed by atoms with Crippen molar-refractivity contribution in [1.82, 2.24) is 15.2 Å². The SMILES string of the molecule is CCN(c1cc(O[C@H]2C[C@H](N3CCOCC3)C2)cc(C(=O)NCc2c(C)cc(C)[nH]c2=O)c1C)C1CC2CCC(C1)O2. The minimum atomic E-state index is -0.193. The minimum Gasteiger partial charge on any atom is -0.490 e. The van der Waals surface area contributed by atoms with E-state index in [1.807, 2.05) is 32.9 Å². The van der Waals surface area contributed by atoms with E-state index in [0.29, 0.717) is 35.4 Å². The second-order valence-corrected chi connectivity index (χ2v) is 12.6. The number of ether oxygens (including phenoxy) is 3. The molecule has 2 atom stereocenters. The van der Waals surface area contributed by atoms with Crippen LogP contribution in [0.15, 0.2) is 23.0 Å². The molecule has 42 heavy (non-hydrogen) atoms. The lowest BCUT2D eigenvalue weighted by atomic mass is 9.87. The van der Waals surface area contributed by atoms with E-state index in [1.54, 1.807) is 0 Å². The lowest BCUT2D eigenvalue weighted by Gasteiger charge is -2.44. The van der Waals surface area contributed by atoms with Crippen LogP contribution in [0.3, 0.4) is 0 Å². The summed E-state index contributed by atoms with van der Waals surface area (Å²) in [6.45, 7) is 12.6. The summed E-state index contributed by atoms with van der Waals surface area (Å²) >= 11 is 0. The van der Waals surface area contributed by atoms with Crippen LogP contribution in [0.25, 0.3) is 0 Å². The molecule has 0 spiro atoms. The highest BCUT2D eigenvalue weighted by molar-refractivity contribution is 5.97. The van der Waals surface area contributed by atoms with Gasteiger partial charge in [0.1, 0.15) is 11.9 Å². The van der Waals surface area contributed by atoms with Gasteiger partial charge >= 0.3 is 0 Å². The summed E-state index contributed by atoms with van der Waals surface area (Å²) in [7, 11) is 0. The first-order valence-electron chi connectivity index (χ1n) is 15.8. The molecule has 0 radical (unpaired) electrons. The standard InChI is InChI=1S/C33H46N4O5/c1-5-37(24-15-25-6-7-26(16-24)41-25)31-18-28(42-27-13-23(14-27)36-8-10-40-11-9-36)17-29(22(31)4)32(38)34-19-30-20(2)12-21(3)35-33(30)39/h12,17-18,23-27H,5-11,13-16,19H2,1-4H3,(H,34,38)(H,35,39)/t23-,24?,25?,26?,27-. The number of pyridine rings is 1. The number of fused-ring (bicyclic) bond motifs is 2. The van der Waals surface area contributed by atoms with E-state index >= 15 is 0 Å². The van der Waals surface area contributed by atoms with Gasteiger partial charge in [-0.2, -0.15) is 0 Å². The van der Waals surface area contributed by atoms with Crippen LogP contribution in [0.2, 0.25) is 0 Å². The zero-order valence-electron chi connectivity index (χ0n) is 25.5. The number of carbonyl (C=O) groups is 1. The number of hydrogen-bond donors (Lipinski definition) is 2. The summed E-state index contributed by atoms with van der Waals surface area (Å²) in [6.07, 6.45) is 7.05. The Morgan fingerprint density at radius 3 is 2.45 bits per heavy atom. The lowest BCUT2D eigenvalue weighted by molar-refractivity contribution is -0.0373. The second-order valence-electron chi connectivity index (χ2n) is 12.6. The van der Waals surface area contributed by atoms with Crippen molar-refractivity contribution in [3.63, 3.8) is 0 Å². The fourth-order valence-corrected chi connectivity index (χ4v) is 7.42. The number of hydrogen-bond acceptors (Lipinski definition) is 7. The number of H-pyrrole nitrogens is 1. The normalized spacial score (nSPS) is 27.4. The molecule has 2 bridgehead atoms. The molecule has 1 amide bonds. The number of amides is 1. The highest BCUT2D eigenvalue weighted by atomic mass is 16.5. The predicted molar refractivity (Wildman–Crippen MR) is 163 cm³/mol. The van der Waals surface area contributed by atoms with Crippen LogP contribution in [-0.2, 0) is 16.0 Å². The second kappa shape index (κ2) is 12.4. The molecule has 4 fully saturated rings. The van der Waals surface area contributed by atoms with Crippen LogP contribution < -0.4 is 20.5 Å². The summed E-state index contributed by atoms with van der Waals surface area (Å²) in [4.78, 5) is 34.1. The minimum absolute atomic E-state index is 0.132. The molecule has 3 aliphatic heterocycles. The van der Waals surface area contributed by atoms with E-state index in [4.69, 9.17) is 14.2 Å². The summed E-state index contributed by atoms with van der Waals surface area (Å²) in [6, 6.07) is 6.87. The maximum absolute atomic E-state index is 13.7. The molecule has 4 heterocycles. The molecule has 2 unspecified atom stereocenters. The topological polar surface area (TPSA) is 96.1 Å². The first kappa shape index (κ1) is 29.2. The molecule has 1 aliphatic carbocycles. The van der Waals surface area contributed by atoms with Crippen LogP contribution >= 0.6 is 0 Å². The van der Waals surface area contributed by atoms with Crippen LogP contribution in [0.1, 0.15) is 78.2 Å². The molecule has 1 aromatic heterocycles. The van der Waals surface area contributed by atoms with Gasteiger partial charge < -0.3 is 29.4 Å². The van der Waals surface area contributed by atoms with Crippen LogP contribution in [0.4, 0.5) is 5.69 Å². The number of nitrogens with one attached hydrogen (secondary N) is 2. The first-order chi connectivity index (χ1) is 20.3. The Kier molecular flexibility index (Phi) is 8.61. The van der Waals surface area contributed by atoms with E-state index in [1.165, 1.54) is 0 Å². The number of benzene rings is 1. The molecule has 9 nitrogen and oxygen atoms in total. The average Bonchev–Trinajstić information content (AvgIpc) is 3.29. The largest absolute Gasteiger partial charge is 0.490 e. The van der Waals surface area contributed by atoms with Crippen molar-refractivity contribution in [2.45, 2.75) is 103 Å². The number of anilines is 1. The molecule has 2 N–H and O–H groups in total. The Morgan fingerprint density at radius 1 is 1.07 bits per heavy atom. The van der Waals surface area contributed by atoms with Crippen molar-refractivity contribution in [3.05, 3.63) is 56.5 Å². The van der Waals surface area contributed by atoms with Crippen LogP contribution in [-0.4, -0.2) is 79.0 Å². The molecular formula is C33H46N4O5. The molecule has 3 saturated heterocycles. The van der Waals surface area contributed by atoms with Gasteiger partial charge in [0, 0.05) is 79.7 Å². The van der Waals surface area contributed by atoms with Gasteiger partial charge in [-0.05, 0) is 76.6 Å². The van der Waals surface area contributed by atoms with Gasteiger partial charge in [-0.1, -0.05) is 0 Å². The number of rotatable bonds is 9. The van der Waals surface area contributed by atoms with E-state index in [-0.39, 0.29) is 24.1 Å². The number of carbonyl (C=O) groups excluding carboxylic acids is 1. The Labute approximate surface area is 248 Å². The third-order valence-electron chi connectivity index (χ3n) is 9.81. The molecule has 4 aliphatic rings. The van der Waals surface area contributed by atoms with E-state index in [0.717, 1.165) is 99.6 Å². The quantitative estimate of drug-likeness (QED) is 0.464. The monoisotopic (exact) mass is 578 g/mol. The Morgan fingerprint density at radius 2 is 1.79 bits per heavy atom. The van der Waals surface area contributed by atoms with E-state index < -0.39 is 0 Å². The van der Waals surface area contributed by atoms with Crippen molar-refractivity contribution in [2.75, 3.05) is 37.7 Å². The zero-order chi connectivity index (χ0) is 29.4. The van der Waals surface area contributed by atoms with E-state index in [9.17, 15) is 9.59 Å². The van der Waals surface area contributed by atoms with Gasteiger partial charge in [-0.15, -0.1) is 0 Å². The molecular weight excluding hydrogens is 532 g/mol. The number of nitrogens with zero attached hydrogens (tertiary/aromatic N) is 2. The highest BCUT2D eigenvalue weighted by Crippen LogP contribution is 2.40. The zero-order valence-corrected chi connectivity index (χ0v) is 25.5. The van der Waals surface area contributed by atoms with Gasteiger partial charge in [0.05, 0.1) is 25.4 Å². The summed E-state index contributed by atoms with van der Waals surface area (Å²) < 4.78 is 18.2. The van der Waals surface area contributed by atoms with Gasteiger partial charge in [-0.3, -0.25) is 14.5 Å². The van der Waals surface area contributed by atoms with E-state index in [2.05, 4.69) is 33.1 Å². The Balaban J connectivity index is 1.24. The van der Waals surface area contributed by atoms with Crippen molar-refractivity contribution in [1.29, 1.82) is 0 Å². The molecule has 6 rings (SSSR count). The Hall–Kier alpha value is -2.88. The summed E-state index contributed by atoms with van der Waals surface area (Å²) in [5.74, 6) is 0.547. The van der Waals surface area contributed by atoms with Gasteiger partial charge in [-0.25, -0.2) is 0 Å². The Bertz CT molecular complexity index is 1330. The van der Waals surface area contributed by atoms with Crippen LogP contribution in [0.5, 0.6) is 5.75 Å². The molecule has 228 valence electrons. The first-order valence-corrected chi connectivity index (χ1v) is 15.8. The van der Waals surface area contributed by atoms with Crippen molar-refractivity contribution >= 4 is 11.6 Å². The van der Waals surface area contributed by atoms with Crippen molar-refractivity contribution in [2.24, 2.45) is 0 Å². The van der Waals surface area contributed by atoms with Crippen molar-refractivity contribution < 1.29 is 19.0 Å². The number of aromatic nitrogens is 1. The van der Waals surface area contributed by atoms with Crippen molar-refractivity contribution in [3.8, 4) is 5.75 Å². The smallest absolute Gasteiger partial charge is 0.253 e. The molecule has 1 saturated carbocycles. The number of morpholine rings is 1. The average molecular weight is 579 g/mol. The van der Waals surface area contributed by atoms with Crippen LogP contribution in [0, 0.1) is 20.8 Å². The lowest BCUT2D eigenvalue weighted by Crippen LogP contribution is -2.52. The number of aryl methyl sites for hydroxylation is 2. The third kappa shape index (κ3) is 6.10. The molecule has 9 heteroatoms. The van der Waals surface area contributed by atoms with Gasteiger partial charge in [0.25, 0.3) is 11.5 Å². The highest BCUT2D eigenvalue weighted by Gasteiger charge is 2.39. The molecule has 1 aromatic carbocycles. The predicted octanol–water partition coefficient (Wildman–Crippen LogP) is 4.01. The fourth-order valence-electron chi connectivity index (χ4n) is 7.42. The number of aromatic amines is 1.